The molecule has 0 aromatic rings. The highest BCUT2D eigenvalue weighted by molar-refractivity contribution is 4.72. The highest BCUT2D eigenvalue weighted by Gasteiger charge is 1.84. The summed E-state index contributed by atoms with van der Waals surface area (Å²) >= 11 is 0. The summed E-state index contributed by atoms with van der Waals surface area (Å²) in [5.41, 5.74) is 0. The zero-order chi connectivity index (χ0) is 6.99. The minimum absolute atomic E-state index is 0. The van der Waals surface area contributed by atoms with Crippen molar-refractivity contribution in [3.63, 3.8) is 0 Å². The molecule has 0 unspecified atom stereocenters. The van der Waals surface area contributed by atoms with Crippen LogP contribution in [0.3, 0.4) is 0 Å². The molecule has 0 heterocycles. The minimum Gasteiger partial charge on any atom is -1.00 e. The van der Waals surface area contributed by atoms with E-state index < -0.39 is 0 Å². The van der Waals surface area contributed by atoms with E-state index in [1.54, 1.807) is 0 Å². The average molecular weight is 114 g/mol. The van der Waals surface area contributed by atoms with Crippen molar-refractivity contribution in [1.82, 2.24) is 0 Å². The van der Waals surface area contributed by atoms with Crippen LogP contribution in [0.2, 0.25) is 0 Å². The third-order valence-electron chi connectivity index (χ3n) is 1.05. The van der Waals surface area contributed by atoms with Gasteiger partial charge >= 0.3 is 0 Å². The maximum absolute atomic E-state index is 5.00. The standard InChI is InChI=1S/C6H12.H2O.2H2.H/c1-4-6(3)5-2;;;;/h4,6H,1,5H2,2-3H3;1H2;2*1H;/q;;;;-1/t6-;;;;/m0..../s1/i;;1+2T;1+2;1+1. The summed E-state index contributed by atoms with van der Waals surface area (Å²) < 4.78 is 10.0. The van der Waals surface area contributed by atoms with Crippen molar-refractivity contribution in [2.24, 2.45) is 5.92 Å². The van der Waals surface area contributed by atoms with Crippen LogP contribution in [0.5, 0.6) is 0 Å². The minimum atomic E-state index is 0. The van der Waals surface area contributed by atoms with Crippen LogP contribution in [0.15, 0.2) is 12.7 Å². The van der Waals surface area contributed by atoms with Crippen LogP contribution in [0.1, 0.15) is 26.1 Å². The van der Waals surface area contributed by atoms with Crippen LogP contribution in [0.25, 0.3) is 0 Å². The zero-order valence-electron chi connectivity index (χ0n) is 8.07. The molecule has 0 spiro atoms. The fourth-order valence-electron chi connectivity index (χ4n) is 0.167. The lowest BCUT2D eigenvalue weighted by Gasteiger charge is -1.93. The summed E-state index contributed by atoms with van der Waals surface area (Å²) in [6.45, 7) is 7.95. The molecule has 0 aliphatic carbocycles. The summed E-state index contributed by atoms with van der Waals surface area (Å²) in [6.07, 6.45) is 3.18. The molecular weight excluding hydrogens is 88.1 g/mol. The van der Waals surface area contributed by atoms with Gasteiger partial charge in [0, 0.05) is 4.40 Å². The van der Waals surface area contributed by atoms with Crippen LogP contribution in [-0.2, 0) is 0 Å². The van der Waals surface area contributed by atoms with E-state index in [0.717, 1.165) is 0 Å². The van der Waals surface area contributed by atoms with Gasteiger partial charge in [-0.25, -0.2) is 0 Å². The topological polar surface area (TPSA) is 31.5 Å². The predicted molar refractivity (Wildman–Crippen MR) is 38.6 cm³/mol. The van der Waals surface area contributed by atoms with E-state index in [9.17, 15) is 0 Å². The van der Waals surface area contributed by atoms with Gasteiger partial charge < -0.3 is 6.90 Å². The quantitative estimate of drug-likeness (QED) is 0.492. The number of allylic oxidation sites excluding steroid dienone is 1. The average Bonchev–Trinajstić information content (AvgIpc) is 1.91. The third kappa shape index (κ3) is 5.70. The van der Waals surface area contributed by atoms with Gasteiger partial charge in [-0.2, -0.15) is 0 Å². The molecule has 7 heavy (non-hydrogen) atoms. The second kappa shape index (κ2) is 5.70. The van der Waals surface area contributed by atoms with E-state index in [-0.39, 0.29) is 8.33 Å². The number of hydrogen-bond acceptors (Lipinski definition) is 0. The van der Waals surface area contributed by atoms with Gasteiger partial charge in [-0.05, 0) is 5.92 Å². The summed E-state index contributed by atoms with van der Waals surface area (Å²) in [5.74, 6) is 0.699. The Kier molecular flexibility index (Phi) is 5.46. The Bertz CT molecular complexity index is 51.8. The molecule has 0 aromatic heterocycles. The lowest BCUT2D eigenvalue weighted by Crippen LogP contribution is -1.80. The molecule has 0 aromatic carbocycles. The van der Waals surface area contributed by atoms with Gasteiger partial charge in [-0.3, -0.25) is 0 Å². The van der Waals surface area contributed by atoms with Crippen molar-refractivity contribution in [3.05, 3.63) is 12.7 Å². The maximum atomic E-state index is 5.00. The molecule has 1 nitrogen and oxygen atoms in total. The maximum Gasteiger partial charge on any atom is 0 e. The van der Waals surface area contributed by atoms with Crippen molar-refractivity contribution < 1.29 is 11.3 Å². The second-order valence-electron chi connectivity index (χ2n) is 1.62. The predicted octanol–water partition coefficient (Wildman–Crippen LogP) is 2.00. The van der Waals surface area contributed by atoms with Crippen LogP contribution in [-0.4, -0.2) is 5.48 Å². The molecule has 50 valence electrons. The summed E-state index contributed by atoms with van der Waals surface area (Å²) in [6, 6.07) is 0. The Hall–Kier alpha value is -0.300. The van der Waals surface area contributed by atoms with E-state index in [4.69, 9.17) is 2.97 Å². The smallest absolute Gasteiger partial charge is 0 e. The zero-order valence-corrected chi connectivity index (χ0v) is 5.07. The summed E-state index contributed by atoms with van der Waals surface area (Å²) in [4.78, 5) is 0. The summed E-state index contributed by atoms with van der Waals surface area (Å²) in [5, 5.41) is 0. The van der Waals surface area contributed by atoms with Crippen LogP contribution < -0.4 is 0 Å². The van der Waals surface area contributed by atoms with Crippen LogP contribution in [0, 0.1) is 5.92 Å². The van der Waals surface area contributed by atoms with Crippen LogP contribution in [0.4, 0.5) is 0 Å². The lowest BCUT2D eigenvalue weighted by atomic mass is 10.1. The highest BCUT2D eigenvalue weighted by Crippen LogP contribution is 1.98. The Morgan fingerprint density at radius 2 is 2.57 bits per heavy atom. The molecule has 0 saturated carbocycles. The van der Waals surface area contributed by atoms with Gasteiger partial charge in [0.25, 0.3) is 0 Å². The third-order valence-corrected chi connectivity index (χ3v) is 1.05. The fraction of sp³-hybridized carbons (Fsp3) is 0.667. The van der Waals surface area contributed by atoms with E-state index in [1.165, 1.54) is 6.42 Å². The SMILES string of the molecule is C=C[C@H](C)CC.O.[2H-].[3HH].[3H][3H]. The highest BCUT2D eigenvalue weighted by atomic mass is 16.0. The van der Waals surface area contributed by atoms with Gasteiger partial charge in [0.1, 0.15) is 0 Å². The molecule has 0 amide bonds. The van der Waals surface area contributed by atoms with E-state index in [2.05, 4.69) is 20.4 Å². The lowest BCUT2D eigenvalue weighted by molar-refractivity contribution is 0.700. The van der Waals surface area contributed by atoms with Gasteiger partial charge in [-0.1, -0.05) is 26.3 Å². The van der Waals surface area contributed by atoms with E-state index in [0.29, 0.717) is 5.92 Å². The van der Waals surface area contributed by atoms with Gasteiger partial charge in [0.15, 0.2) is 0 Å². The van der Waals surface area contributed by atoms with Gasteiger partial charge in [0.05, 0.1) is 0 Å². The summed E-state index contributed by atoms with van der Waals surface area (Å²) in [7, 11) is 0. The molecule has 1 heteroatoms. The Labute approximate surface area is 51.4 Å². The first-order valence-electron chi connectivity index (χ1n) is 3.43. The van der Waals surface area contributed by atoms with Gasteiger partial charge in [0.2, 0.25) is 0 Å². The first-order chi connectivity index (χ1) is 3.81. The second-order valence-corrected chi connectivity index (χ2v) is 1.62. The van der Waals surface area contributed by atoms with Crippen molar-refractivity contribution in [1.29, 1.82) is 0 Å². The first-order valence-corrected chi connectivity index (χ1v) is 2.43. The molecule has 0 fully saturated rings. The molecule has 1 atom stereocenters. The molecule has 0 rings (SSSR count). The largest absolute Gasteiger partial charge is 1.00 e. The first kappa shape index (κ1) is 6.70. The number of rotatable bonds is 2. The van der Waals surface area contributed by atoms with E-state index >= 15 is 0 Å². The normalized spacial score (nSPS) is 12.9. The van der Waals surface area contributed by atoms with Crippen LogP contribution >= 0.6 is 0 Å². The molecule has 0 aliphatic rings. The fourth-order valence-corrected chi connectivity index (χ4v) is 0.167. The van der Waals surface area contributed by atoms with Gasteiger partial charge in [-0.15, -0.1) is 6.58 Å². The monoisotopic (exact) mass is 114 g/mol. The molecule has 0 saturated heterocycles. The van der Waals surface area contributed by atoms with Crippen molar-refractivity contribution in [3.8, 4) is 0 Å². The Morgan fingerprint density at radius 1 is 2.14 bits per heavy atom. The number of hydrogen-bond donors (Lipinski definition) is 0. The molecule has 0 aliphatic heterocycles. The Balaban J connectivity index is -0.0000000222. The molecule has 2 N–H and O–H groups in total. The van der Waals surface area contributed by atoms with E-state index in [1.807, 2.05) is 6.08 Å². The molecule has 0 bridgehead atoms. The Morgan fingerprint density at radius 3 is 2.57 bits per heavy atom. The molecular formula is C6H19O-. The molecule has 0 radical (unpaired) electrons. The van der Waals surface area contributed by atoms with Crippen molar-refractivity contribution in [2.45, 2.75) is 20.3 Å². The van der Waals surface area contributed by atoms with Crippen molar-refractivity contribution >= 4 is 0 Å². The van der Waals surface area contributed by atoms with Crippen molar-refractivity contribution in [2.75, 3.05) is 0 Å².